The number of carbonyl (C=O) groups excluding carboxylic acids is 1. The molecule has 0 amide bonds. The molecule has 0 saturated heterocycles. The summed E-state index contributed by atoms with van der Waals surface area (Å²) in [7, 11) is 0. The number of aliphatic carboxylic acids is 1. The van der Waals surface area contributed by atoms with Crippen molar-refractivity contribution < 1.29 is 43.1 Å². The number of nitrogens with two attached hydrogens (primary N) is 1. The molecular formula is C28H37NO9. The van der Waals surface area contributed by atoms with E-state index in [1.807, 2.05) is 24.3 Å². The van der Waals surface area contributed by atoms with E-state index < -0.39 is 18.0 Å². The quantitative estimate of drug-likeness (QED) is 0.193. The van der Waals surface area contributed by atoms with Crippen molar-refractivity contribution in [2.75, 3.05) is 72.7 Å². The molecule has 0 heterocycles. The number of fused-ring (bicyclic) bond motifs is 3. The normalized spacial score (nSPS) is 13.2. The van der Waals surface area contributed by atoms with Gasteiger partial charge in [-0.05, 0) is 22.3 Å². The second-order valence-electron chi connectivity index (χ2n) is 8.63. The van der Waals surface area contributed by atoms with Gasteiger partial charge in [0.25, 0.3) is 0 Å². The van der Waals surface area contributed by atoms with Crippen molar-refractivity contribution >= 4 is 11.9 Å². The van der Waals surface area contributed by atoms with Crippen LogP contribution >= 0.6 is 0 Å². The van der Waals surface area contributed by atoms with Crippen molar-refractivity contribution in [1.82, 2.24) is 0 Å². The minimum atomic E-state index is -0.884. The van der Waals surface area contributed by atoms with E-state index in [1.54, 1.807) is 0 Å². The molecule has 10 nitrogen and oxygen atoms in total. The van der Waals surface area contributed by atoms with Crippen LogP contribution in [0.15, 0.2) is 48.5 Å². The van der Waals surface area contributed by atoms with Crippen molar-refractivity contribution in [3.8, 4) is 11.1 Å². The van der Waals surface area contributed by atoms with E-state index >= 15 is 0 Å². The maximum atomic E-state index is 12.4. The van der Waals surface area contributed by atoms with Crippen LogP contribution in [0.5, 0.6) is 0 Å². The first-order chi connectivity index (χ1) is 18.6. The number of hydrogen-bond acceptors (Lipinski definition) is 9. The zero-order chi connectivity index (χ0) is 27.0. The summed E-state index contributed by atoms with van der Waals surface area (Å²) in [6.07, 6.45) is -0.0144. The maximum Gasteiger partial charge on any atom is 0.325 e. The number of benzene rings is 2. The summed E-state index contributed by atoms with van der Waals surface area (Å²) in [4.78, 5) is 22.7. The topological polar surface area (TPSA) is 136 Å². The molecule has 1 atom stereocenters. The number of carboxylic acids is 1. The molecule has 2 aromatic rings. The van der Waals surface area contributed by atoms with Gasteiger partial charge in [-0.25, -0.2) is 0 Å². The highest BCUT2D eigenvalue weighted by atomic mass is 16.6. The van der Waals surface area contributed by atoms with E-state index in [-0.39, 0.29) is 32.2 Å². The Kier molecular flexibility index (Phi) is 13.2. The molecule has 0 fully saturated rings. The lowest BCUT2D eigenvalue weighted by atomic mass is 9.98. The lowest BCUT2D eigenvalue weighted by molar-refractivity contribution is -0.147. The monoisotopic (exact) mass is 531 g/mol. The lowest BCUT2D eigenvalue weighted by Crippen LogP contribution is -2.37. The number of carbonyl (C=O) groups is 2. The fourth-order valence-electron chi connectivity index (χ4n) is 4.03. The summed E-state index contributed by atoms with van der Waals surface area (Å²) in [6.45, 7) is 3.50. The van der Waals surface area contributed by atoms with E-state index in [4.69, 9.17) is 39.3 Å². The Balaban J connectivity index is 1.17. The maximum absolute atomic E-state index is 12.4. The highest BCUT2D eigenvalue weighted by molar-refractivity contribution is 5.79. The first-order valence-electron chi connectivity index (χ1n) is 12.8. The number of carboxylic acid groups (broad SMARTS) is 1. The van der Waals surface area contributed by atoms with Gasteiger partial charge < -0.3 is 39.3 Å². The van der Waals surface area contributed by atoms with Gasteiger partial charge in [-0.3, -0.25) is 9.59 Å². The molecule has 0 bridgehead atoms. The Morgan fingerprint density at radius 2 is 1.16 bits per heavy atom. The minimum absolute atomic E-state index is 0.00823. The van der Waals surface area contributed by atoms with Crippen LogP contribution in [0.1, 0.15) is 23.5 Å². The third kappa shape index (κ3) is 9.79. The van der Waals surface area contributed by atoms with Crippen molar-refractivity contribution in [3.05, 3.63) is 59.7 Å². The molecular weight excluding hydrogens is 494 g/mol. The zero-order valence-electron chi connectivity index (χ0n) is 21.5. The van der Waals surface area contributed by atoms with E-state index in [2.05, 4.69) is 24.3 Å². The molecule has 10 heteroatoms. The van der Waals surface area contributed by atoms with Crippen molar-refractivity contribution in [2.45, 2.75) is 18.4 Å². The molecule has 2 aromatic carbocycles. The Bertz CT molecular complexity index is 954. The number of hydrogen-bond donors (Lipinski definition) is 2. The standard InChI is InChI=1S/C28H37NO9/c29-26(20-37-18-17-36-16-15-35-14-13-34-12-11-33-10-9-27(30)31)28(32)38-19-25-23-7-3-1-5-21(23)22-6-2-4-8-24(22)25/h1-8,25-26H,9-20,29H2,(H,30,31). The summed E-state index contributed by atoms with van der Waals surface area (Å²) in [5.41, 5.74) is 10.6. The fraction of sp³-hybridized carbons (Fsp3) is 0.500. The molecule has 0 saturated carbocycles. The second-order valence-corrected chi connectivity index (χ2v) is 8.63. The van der Waals surface area contributed by atoms with Crippen LogP contribution in [0.4, 0.5) is 0 Å². The molecule has 0 spiro atoms. The van der Waals surface area contributed by atoms with Crippen LogP contribution in [0.25, 0.3) is 11.1 Å². The average molecular weight is 532 g/mol. The second kappa shape index (κ2) is 16.9. The SMILES string of the molecule is NC(COCCOCCOCCOCCOCCC(=O)O)C(=O)OCC1c2ccccc2-c2ccccc21. The van der Waals surface area contributed by atoms with Gasteiger partial charge >= 0.3 is 11.9 Å². The average Bonchev–Trinajstić information content (AvgIpc) is 3.24. The largest absolute Gasteiger partial charge is 0.481 e. The number of esters is 1. The van der Waals surface area contributed by atoms with E-state index in [1.165, 1.54) is 11.1 Å². The van der Waals surface area contributed by atoms with Gasteiger partial charge in [-0.1, -0.05) is 48.5 Å². The zero-order valence-corrected chi connectivity index (χ0v) is 21.5. The van der Waals surface area contributed by atoms with Gasteiger partial charge in [-0.2, -0.15) is 0 Å². The number of ether oxygens (including phenoxy) is 6. The number of rotatable bonds is 20. The predicted octanol–water partition coefficient (Wildman–Crippen LogP) is 2.23. The Hall–Kier alpha value is -2.86. The highest BCUT2D eigenvalue weighted by Gasteiger charge is 2.29. The summed E-state index contributed by atoms with van der Waals surface area (Å²) in [6, 6.07) is 15.5. The van der Waals surface area contributed by atoms with Crippen molar-refractivity contribution in [2.24, 2.45) is 5.73 Å². The summed E-state index contributed by atoms with van der Waals surface area (Å²) in [5, 5.41) is 8.49. The van der Waals surface area contributed by atoms with Crippen LogP contribution in [-0.4, -0.2) is 95.8 Å². The van der Waals surface area contributed by atoms with Crippen LogP contribution in [0.3, 0.4) is 0 Å². The Morgan fingerprint density at radius 3 is 1.66 bits per heavy atom. The first-order valence-corrected chi connectivity index (χ1v) is 12.8. The molecule has 208 valence electrons. The molecule has 3 N–H and O–H groups in total. The van der Waals surface area contributed by atoms with Gasteiger partial charge in [0, 0.05) is 5.92 Å². The predicted molar refractivity (Wildman–Crippen MR) is 139 cm³/mol. The van der Waals surface area contributed by atoms with Gasteiger partial charge in [-0.15, -0.1) is 0 Å². The fourth-order valence-corrected chi connectivity index (χ4v) is 4.03. The molecule has 1 aliphatic rings. The summed E-state index contributed by atoms with van der Waals surface area (Å²) < 4.78 is 32.3. The van der Waals surface area contributed by atoms with E-state index in [0.717, 1.165) is 11.1 Å². The molecule has 3 rings (SSSR count). The molecule has 0 aliphatic heterocycles. The Morgan fingerprint density at radius 1 is 0.711 bits per heavy atom. The van der Waals surface area contributed by atoms with Gasteiger partial charge in [0.05, 0.1) is 72.5 Å². The third-order valence-electron chi connectivity index (χ3n) is 5.90. The van der Waals surface area contributed by atoms with Crippen molar-refractivity contribution in [3.63, 3.8) is 0 Å². The molecule has 38 heavy (non-hydrogen) atoms. The molecule has 0 aromatic heterocycles. The van der Waals surface area contributed by atoms with Crippen LogP contribution in [0.2, 0.25) is 0 Å². The minimum Gasteiger partial charge on any atom is -0.481 e. The van der Waals surface area contributed by atoms with Crippen LogP contribution in [0, 0.1) is 0 Å². The Labute approximate surface area is 222 Å². The van der Waals surface area contributed by atoms with E-state index in [9.17, 15) is 9.59 Å². The van der Waals surface area contributed by atoms with Crippen LogP contribution < -0.4 is 5.73 Å². The van der Waals surface area contributed by atoms with E-state index in [0.29, 0.717) is 52.9 Å². The molecule has 1 aliphatic carbocycles. The smallest absolute Gasteiger partial charge is 0.325 e. The van der Waals surface area contributed by atoms with Gasteiger partial charge in [0.15, 0.2) is 0 Å². The van der Waals surface area contributed by atoms with Crippen LogP contribution in [-0.2, 0) is 38.0 Å². The van der Waals surface area contributed by atoms with Gasteiger partial charge in [0.2, 0.25) is 0 Å². The lowest BCUT2D eigenvalue weighted by Gasteiger charge is -2.16. The van der Waals surface area contributed by atoms with Crippen molar-refractivity contribution in [1.29, 1.82) is 0 Å². The summed E-state index contributed by atoms with van der Waals surface area (Å²) in [5.74, 6) is -1.38. The third-order valence-corrected chi connectivity index (χ3v) is 5.90. The summed E-state index contributed by atoms with van der Waals surface area (Å²) >= 11 is 0. The molecule has 0 radical (unpaired) electrons. The highest BCUT2D eigenvalue weighted by Crippen LogP contribution is 2.44. The molecule has 1 unspecified atom stereocenters. The first kappa shape index (κ1) is 29.7. The van der Waals surface area contributed by atoms with Gasteiger partial charge in [0.1, 0.15) is 12.6 Å².